The molecule has 1 saturated heterocycles. The van der Waals surface area contributed by atoms with Crippen LogP contribution in [0.15, 0.2) is 47.3 Å². The van der Waals surface area contributed by atoms with Crippen molar-refractivity contribution in [1.82, 2.24) is 14.9 Å². The van der Waals surface area contributed by atoms with Crippen LogP contribution < -0.4 is 15.8 Å². The molecule has 0 unspecified atom stereocenters. The molecule has 2 aliphatic rings. The van der Waals surface area contributed by atoms with Gasteiger partial charge in [-0.25, -0.2) is 9.55 Å². The number of amides is 1. The van der Waals surface area contributed by atoms with E-state index in [2.05, 4.69) is 10.2 Å². The zero-order valence-electron chi connectivity index (χ0n) is 16.9. The first-order valence-corrected chi connectivity index (χ1v) is 10.4. The lowest BCUT2D eigenvalue weighted by molar-refractivity contribution is 0.0951. The highest BCUT2D eigenvalue weighted by molar-refractivity contribution is 5.98. The number of carbonyl (C=O) groups excluding carboxylic acids is 1. The van der Waals surface area contributed by atoms with Gasteiger partial charge in [-0.1, -0.05) is 17.7 Å². The van der Waals surface area contributed by atoms with Gasteiger partial charge in [-0.15, -0.1) is 0 Å². The van der Waals surface area contributed by atoms with Gasteiger partial charge in [0.25, 0.3) is 11.5 Å². The average molecular weight is 404 g/mol. The molecule has 7 nitrogen and oxygen atoms in total. The maximum absolute atomic E-state index is 13.5. The van der Waals surface area contributed by atoms with Crippen LogP contribution in [0.25, 0.3) is 16.6 Å². The first-order valence-electron chi connectivity index (χ1n) is 10.4. The molecule has 2 heterocycles. The molecule has 0 radical (unpaired) electrons. The Bertz CT molecular complexity index is 1160. The first kappa shape index (κ1) is 18.8. The Labute approximate surface area is 174 Å². The van der Waals surface area contributed by atoms with Crippen LogP contribution in [0.3, 0.4) is 0 Å². The van der Waals surface area contributed by atoms with Crippen LogP contribution in [-0.4, -0.2) is 47.8 Å². The number of nitrogens with one attached hydrogen (secondary N) is 1. The number of nitrogens with zero attached hydrogens (tertiary/aromatic N) is 3. The lowest BCUT2D eigenvalue weighted by atomic mass is 10.1. The number of hydrogen-bond donors (Lipinski definition) is 1. The van der Waals surface area contributed by atoms with Gasteiger partial charge in [0.2, 0.25) is 5.95 Å². The fourth-order valence-electron chi connectivity index (χ4n) is 3.71. The van der Waals surface area contributed by atoms with Crippen molar-refractivity contribution >= 4 is 22.8 Å². The number of benzene rings is 2. The smallest absolute Gasteiger partial charge is 0.267 e. The van der Waals surface area contributed by atoms with E-state index in [0.29, 0.717) is 48.7 Å². The second-order valence-corrected chi connectivity index (χ2v) is 7.97. The van der Waals surface area contributed by atoms with Gasteiger partial charge in [0.05, 0.1) is 29.8 Å². The number of rotatable bonds is 4. The molecule has 1 aliphatic carbocycles. The van der Waals surface area contributed by atoms with E-state index in [4.69, 9.17) is 9.72 Å². The lowest BCUT2D eigenvalue weighted by Crippen LogP contribution is -2.40. The molecule has 3 aromatic rings. The Hall–Kier alpha value is -3.19. The summed E-state index contributed by atoms with van der Waals surface area (Å²) in [6, 6.07) is 13.3. The van der Waals surface area contributed by atoms with Gasteiger partial charge in [-0.05, 0) is 50.1 Å². The number of ether oxygens (including phenoxy) is 1. The second kappa shape index (κ2) is 7.57. The van der Waals surface area contributed by atoms with Crippen molar-refractivity contribution in [2.45, 2.75) is 25.8 Å². The lowest BCUT2D eigenvalue weighted by Gasteiger charge is -2.30. The molecule has 1 amide bonds. The first-order chi connectivity index (χ1) is 14.6. The maximum atomic E-state index is 13.5. The predicted octanol–water partition coefficient (Wildman–Crippen LogP) is 2.42. The van der Waals surface area contributed by atoms with Crippen LogP contribution in [0.2, 0.25) is 0 Å². The highest BCUT2D eigenvalue weighted by Gasteiger charge is 2.25. The molecule has 30 heavy (non-hydrogen) atoms. The summed E-state index contributed by atoms with van der Waals surface area (Å²) in [5.41, 5.74) is 2.83. The van der Waals surface area contributed by atoms with Crippen LogP contribution in [0.4, 0.5) is 5.95 Å². The SMILES string of the molecule is Cc1ccc(-n2c(N3CCOCC3)nc3cc(C(=O)NC4CC4)ccc3c2=O)cc1. The Kier molecular flexibility index (Phi) is 4.75. The van der Waals surface area contributed by atoms with Gasteiger partial charge in [-0.2, -0.15) is 0 Å². The van der Waals surface area contributed by atoms with Gasteiger partial charge in [0, 0.05) is 24.7 Å². The van der Waals surface area contributed by atoms with Crippen molar-refractivity contribution in [2.24, 2.45) is 0 Å². The molecule has 0 spiro atoms. The zero-order chi connectivity index (χ0) is 20.7. The third-order valence-electron chi connectivity index (χ3n) is 5.61. The van der Waals surface area contributed by atoms with Crippen LogP contribution in [0.1, 0.15) is 28.8 Å². The van der Waals surface area contributed by atoms with Crippen LogP contribution in [-0.2, 0) is 4.74 Å². The Morgan fingerprint density at radius 1 is 1.10 bits per heavy atom. The van der Waals surface area contributed by atoms with E-state index in [-0.39, 0.29) is 17.5 Å². The standard InChI is InChI=1S/C23H24N4O3/c1-15-2-7-18(8-3-15)27-22(29)19-9-4-16(21(28)24-17-5-6-17)14-20(19)25-23(27)26-10-12-30-13-11-26/h2-4,7-9,14,17H,5-6,10-13H2,1H3,(H,24,28). The number of morpholine rings is 1. The Morgan fingerprint density at radius 3 is 2.53 bits per heavy atom. The summed E-state index contributed by atoms with van der Waals surface area (Å²) in [5.74, 6) is 0.469. The van der Waals surface area contributed by atoms with Gasteiger partial charge < -0.3 is 15.0 Å². The summed E-state index contributed by atoms with van der Waals surface area (Å²) in [5, 5.41) is 3.49. The van der Waals surface area contributed by atoms with Crippen LogP contribution in [0, 0.1) is 6.92 Å². The molecule has 0 atom stereocenters. The molecular formula is C23H24N4O3. The van der Waals surface area contributed by atoms with Crippen molar-refractivity contribution in [3.63, 3.8) is 0 Å². The quantitative estimate of drug-likeness (QED) is 0.723. The van der Waals surface area contributed by atoms with E-state index in [0.717, 1.165) is 24.1 Å². The minimum Gasteiger partial charge on any atom is -0.378 e. The van der Waals surface area contributed by atoms with E-state index in [1.165, 1.54) is 0 Å². The largest absolute Gasteiger partial charge is 0.378 e. The summed E-state index contributed by atoms with van der Waals surface area (Å²) in [6.07, 6.45) is 2.06. The Morgan fingerprint density at radius 2 is 1.83 bits per heavy atom. The Balaban J connectivity index is 1.66. The number of fused-ring (bicyclic) bond motifs is 1. The van der Waals surface area contributed by atoms with E-state index in [1.807, 2.05) is 31.2 Å². The van der Waals surface area contributed by atoms with E-state index in [9.17, 15) is 9.59 Å². The molecule has 2 aromatic carbocycles. The highest BCUT2D eigenvalue weighted by Crippen LogP contribution is 2.23. The number of anilines is 1. The van der Waals surface area contributed by atoms with Crippen molar-refractivity contribution in [3.8, 4) is 5.69 Å². The number of carbonyl (C=O) groups is 1. The monoisotopic (exact) mass is 404 g/mol. The molecule has 5 rings (SSSR count). The molecule has 1 N–H and O–H groups in total. The molecule has 154 valence electrons. The van der Waals surface area contributed by atoms with E-state index < -0.39 is 0 Å². The fourth-order valence-corrected chi connectivity index (χ4v) is 3.71. The molecule has 1 aliphatic heterocycles. The normalized spacial score (nSPS) is 16.6. The van der Waals surface area contributed by atoms with Gasteiger partial charge in [-0.3, -0.25) is 9.59 Å². The van der Waals surface area contributed by atoms with Crippen molar-refractivity contribution < 1.29 is 9.53 Å². The minimum absolute atomic E-state index is 0.114. The predicted molar refractivity (Wildman–Crippen MR) is 116 cm³/mol. The van der Waals surface area contributed by atoms with Gasteiger partial charge in [0.1, 0.15) is 0 Å². The van der Waals surface area contributed by atoms with Gasteiger partial charge >= 0.3 is 0 Å². The van der Waals surface area contributed by atoms with E-state index >= 15 is 0 Å². The minimum atomic E-state index is -0.139. The zero-order valence-corrected chi connectivity index (χ0v) is 16.9. The second-order valence-electron chi connectivity index (χ2n) is 7.97. The summed E-state index contributed by atoms with van der Waals surface area (Å²) in [4.78, 5) is 32.9. The maximum Gasteiger partial charge on any atom is 0.267 e. The average Bonchev–Trinajstić information content (AvgIpc) is 3.59. The molecular weight excluding hydrogens is 380 g/mol. The molecule has 7 heteroatoms. The van der Waals surface area contributed by atoms with Crippen molar-refractivity contribution in [2.75, 3.05) is 31.2 Å². The van der Waals surface area contributed by atoms with Crippen molar-refractivity contribution in [3.05, 3.63) is 63.9 Å². The summed E-state index contributed by atoms with van der Waals surface area (Å²) in [7, 11) is 0. The number of hydrogen-bond acceptors (Lipinski definition) is 5. The molecule has 0 bridgehead atoms. The third kappa shape index (κ3) is 3.57. The fraction of sp³-hybridized carbons (Fsp3) is 0.348. The van der Waals surface area contributed by atoms with Gasteiger partial charge in [0.15, 0.2) is 0 Å². The third-order valence-corrected chi connectivity index (χ3v) is 5.61. The summed E-state index contributed by atoms with van der Waals surface area (Å²) in [6.45, 7) is 4.51. The molecule has 1 aromatic heterocycles. The molecule has 1 saturated carbocycles. The highest BCUT2D eigenvalue weighted by atomic mass is 16.5. The van der Waals surface area contributed by atoms with Crippen LogP contribution >= 0.6 is 0 Å². The topological polar surface area (TPSA) is 76.5 Å². The molecule has 2 fully saturated rings. The summed E-state index contributed by atoms with van der Waals surface area (Å²) >= 11 is 0. The summed E-state index contributed by atoms with van der Waals surface area (Å²) < 4.78 is 7.15. The van der Waals surface area contributed by atoms with E-state index in [1.54, 1.807) is 22.8 Å². The number of aryl methyl sites for hydroxylation is 1. The number of aromatic nitrogens is 2. The van der Waals surface area contributed by atoms with Crippen molar-refractivity contribution in [1.29, 1.82) is 0 Å². The van der Waals surface area contributed by atoms with Crippen LogP contribution in [0.5, 0.6) is 0 Å².